The number of ether oxygens (including phenoxy) is 1. The molecule has 0 aromatic heterocycles. The Balaban J connectivity index is 1.52. The van der Waals surface area contributed by atoms with Crippen LogP contribution in [-0.4, -0.2) is 37.7 Å². The summed E-state index contributed by atoms with van der Waals surface area (Å²) in [7, 11) is 0. The van der Waals surface area contributed by atoms with Crippen molar-refractivity contribution in [1.82, 2.24) is 5.32 Å². The standard InChI is InChI=1S/C16H23N3O2/c20-16(15-2-1-9-17-15)19-13-5-3-12(4-6-13)18-14-7-10-21-11-8-14/h3-6,14-15,17-18H,1-2,7-11H2,(H,19,20). The maximum Gasteiger partial charge on any atom is 0.241 e. The van der Waals surface area contributed by atoms with Gasteiger partial charge in [-0.15, -0.1) is 0 Å². The molecule has 21 heavy (non-hydrogen) atoms. The van der Waals surface area contributed by atoms with Gasteiger partial charge >= 0.3 is 0 Å². The predicted octanol–water partition coefficient (Wildman–Crippen LogP) is 1.97. The van der Waals surface area contributed by atoms with Gasteiger partial charge in [0.25, 0.3) is 0 Å². The molecule has 2 aliphatic rings. The third-order valence-corrected chi connectivity index (χ3v) is 4.12. The van der Waals surface area contributed by atoms with Crippen molar-refractivity contribution in [2.45, 2.75) is 37.8 Å². The number of amides is 1. The van der Waals surface area contributed by atoms with Gasteiger partial charge < -0.3 is 20.7 Å². The van der Waals surface area contributed by atoms with Gasteiger partial charge in [-0.2, -0.15) is 0 Å². The second-order valence-corrected chi connectivity index (χ2v) is 5.75. The highest BCUT2D eigenvalue weighted by Gasteiger charge is 2.21. The highest BCUT2D eigenvalue weighted by atomic mass is 16.5. The molecular formula is C16H23N3O2. The molecule has 0 spiro atoms. The van der Waals surface area contributed by atoms with Gasteiger partial charge in [-0.3, -0.25) is 4.79 Å². The fraction of sp³-hybridized carbons (Fsp3) is 0.562. The van der Waals surface area contributed by atoms with E-state index in [1.165, 1.54) is 0 Å². The molecule has 1 atom stereocenters. The van der Waals surface area contributed by atoms with Crippen LogP contribution in [0, 0.1) is 0 Å². The summed E-state index contributed by atoms with van der Waals surface area (Å²) in [6.07, 6.45) is 4.10. The second-order valence-electron chi connectivity index (χ2n) is 5.75. The summed E-state index contributed by atoms with van der Waals surface area (Å²) in [6, 6.07) is 8.40. The molecule has 2 saturated heterocycles. The van der Waals surface area contributed by atoms with Crippen molar-refractivity contribution in [3.05, 3.63) is 24.3 Å². The smallest absolute Gasteiger partial charge is 0.241 e. The summed E-state index contributed by atoms with van der Waals surface area (Å²) < 4.78 is 5.36. The average Bonchev–Trinajstić information content (AvgIpc) is 3.05. The summed E-state index contributed by atoms with van der Waals surface area (Å²) >= 11 is 0. The van der Waals surface area contributed by atoms with Crippen molar-refractivity contribution in [3.63, 3.8) is 0 Å². The lowest BCUT2D eigenvalue weighted by Gasteiger charge is -2.24. The highest BCUT2D eigenvalue weighted by Crippen LogP contribution is 2.18. The number of nitrogens with one attached hydrogen (secondary N) is 3. The van der Waals surface area contributed by atoms with E-state index in [9.17, 15) is 4.79 Å². The van der Waals surface area contributed by atoms with Crippen LogP contribution in [0.15, 0.2) is 24.3 Å². The first-order chi connectivity index (χ1) is 10.3. The molecule has 0 radical (unpaired) electrons. The first kappa shape index (κ1) is 14.4. The number of hydrogen-bond acceptors (Lipinski definition) is 4. The van der Waals surface area contributed by atoms with Crippen molar-refractivity contribution in [1.29, 1.82) is 0 Å². The van der Waals surface area contributed by atoms with Crippen LogP contribution in [0.2, 0.25) is 0 Å². The van der Waals surface area contributed by atoms with Gasteiger partial charge in [0.1, 0.15) is 0 Å². The minimum absolute atomic E-state index is 0.0370. The Kier molecular flexibility index (Phi) is 4.72. The van der Waals surface area contributed by atoms with Crippen molar-refractivity contribution < 1.29 is 9.53 Å². The molecule has 1 aromatic rings. The van der Waals surface area contributed by atoms with E-state index in [4.69, 9.17) is 4.74 Å². The Bertz CT molecular complexity index is 463. The number of hydrogen-bond donors (Lipinski definition) is 3. The van der Waals surface area contributed by atoms with Gasteiger partial charge in [-0.1, -0.05) is 0 Å². The van der Waals surface area contributed by atoms with E-state index >= 15 is 0 Å². The largest absolute Gasteiger partial charge is 0.382 e. The minimum Gasteiger partial charge on any atom is -0.382 e. The van der Waals surface area contributed by atoms with Gasteiger partial charge in [0.15, 0.2) is 0 Å². The zero-order valence-corrected chi connectivity index (χ0v) is 12.2. The maximum atomic E-state index is 12.0. The molecule has 3 rings (SSSR count). The van der Waals surface area contributed by atoms with Crippen LogP contribution in [0.3, 0.4) is 0 Å². The molecular weight excluding hydrogens is 266 g/mol. The number of carbonyl (C=O) groups excluding carboxylic acids is 1. The Labute approximate surface area is 125 Å². The SMILES string of the molecule is O=C(Nc1ccc(NC2CCOCC2)cc1)C1CCCN1. The summed E-state index contributed by atoms with van der Waals surface area (Å²) in [5.74, 6) is 0.0673. The lowest BCUT2D eigenvalue weighted by atomic mass is 10.1. The topological polar surface area (TPSA) is 62.4 Å². The third-order valence-electron chi connectivity index (χ3n) is 4.12. The molecule has 5 nitrogen and oxygen atoms in total. The van der Waals surface area contributed by atoms with Gasteiger partial charge in [-0.05, 0) is 56.5 Å². The molecule has 2 fully saturated rings. The fourth-order valence-corrected chi connectivity index (χ4v) is 2.87. The molecule has 0 aliphatic carbocycles. The quantitative estimate of drug-likeness (QED) is 0.793. The van der Waals surface area contributed by atoms with Crippen molar-refractivity contribution in [3.8, 4) is 0 Å². The summed E-state index contributed by atoms with van der Waals surface area (Å²) in [5, 5.41) is 9.68. The minimum atomic E-state index is -0.0370. The molecule has 1 unspecified atom stereocenters. The monoisotopic (exact) mass is 289 g/mol. The number of benzene rings is 1. The van der Waals surface area contributed by atoms with Crippen LogP contribution in [-0.2, 0) is 9.53 Å². The van der Waals surface area contributed by atoms with Crippen LogP contribution in [0.25, 0.3) is 0 Å². The lowest BCUT2D eigenvalue weighted by Crippen LogP contribution is -2.35. The third kappa shape index (κ3) is 3.95. The van der Waals surface area contributed by atoms with Crippen LogP contribution in [0.4, 0.5) is 11.4 Å². The van der Waals surface area contributed by atoms with E-state index in [0.717, 1.165) is 56.8 Å². The number of carbonyl (C=O) groups is 1. The average molecular weight is 289 g/mol. The molecule has 1 amide bonds. The molecule has 2 heterocycles. The van der Waals surface area contributed by atoms with Crippen LogP contribution in [0.5, 0.6) is 0 Å². The molecule has 1 aromatic carbocycles. The zero-order chi connectivity index (χ0) is 14.5. The van der Waals surface area contributed by atoms with E-state index in [1.54, 1.807) is 0 Å². The van der Waals surface area contributed by atoms with E-state index in [-0.39, 0.29) is 11.9 Å². The van der Waals surface area contributed by atoms with Gasteiger partial charge in [0.2, 0.25) is 5.91 Å². The van der Waals surface area contributed by atoms with Gasteiger partial charge in [-0.25, -0.2) is 0 Å². The van der Waals surface area contributed by atoms with E-state index in [2.05, 4.69) is 16.0 Å². The van der Waals surface area contributed by atoms with E-state index < -0.39 is 0 Å². The number of anilines is 2. The van der Waals surface area contributed by atoms with Gasteiger partial charge in [0, 0.05) is 30.6 Å². The molecule has 0 bridgehead atoms. The maximum absolute atomic E-state index is 12.0. The Morgan fingerprint density at radius 3 is 2.48 bits per heavy atom. The predicted molar refractivity (Wildman–Crippen MR) is 83.6 cm³/mol. The lowest BCUT2D eigenvalue weighted by molar-refractivity contribution is -0.117. The van der Waals surface area contributed by atoms with Crippen LogP contribution >= 0.6 is 0 Å². The first-order valence-electron chi connectivity index (χ1n) is 7.80. The summed E-state index contributed by atoms with van der Waals surface area (Å²) in [4.78, 5) is 12.0. The molecule has 3 N–H and O–H groups in total. The summed E-state index contributed by atoms with van der Waals surface area (Å²) in [6.45, 7) is 2.60. The molecule has 5 heteroatoms. The normalized spacial score (nSPS) is 23.0. The van der Waals surface area contributed by atoms with Crippen molar-refractivity contribution >= 4 is 17.3 Å². The second kappa shape index (κ2) is 6.91. The Morgan fingerprint density at radius 1 is 1.10 bits per heavy atom. The first-order valence-corrected chi connectivity index (χ1v) is 7.80. The van der Waals surface area contributed by atoms with Crippen molar-refractivity contribution in [2.24, 2.45) is 0 Å². The van der Waals surface area contributed by atoms with Crippen molar-refractivity contribution in [2.75, 3.05) is 30.4 Å². The molecule has 2 aliphatic heterocycles. The fourth-order valence-electron chi connectivity index (χ4n) is 2.87. The number of rotatable bonds is 4. The molecule has 114 valence electrons. The van der Waals surface area contributed by atoms with E-state index in [1.807, 2.05) is 24.3 Å². The molecule has 0 saturated carbocycles. The Morgan fingerprint density at radius 2 is 1.81 bits per heavy atom. The van der Waals surface area contributed by atoms with Gasteiger partial charge in [0.05, 0.1) is 6.04 Å². The van der Waals surface area contributed by atoms with Crippen LogP contribution < -0.4 is 16.0 Å². The zero-order valence-electron chi connectivity index (χ0n) is 12.2. The highest BCUT2D eigenvalue weighted by molar-refractivity contribution is 5.95. The summed E-state index contributed by atoms with van der Waals surface area (Å²) in [5.41, 5.74) is 1.95. The van der Waals surface area contributed by atoms with E-state index in [0.29, 0.717) is 6.04 Å². The van der Waals surface area contributed by atoms with Crippen LogP contribution in [0.1, 0.15) is 25.7 Å². The Hall–Kier alpha value is -1.59.